The lowest BCUT2D eigenvalue weighted by Crippen LogP contribution is -2.09. The Morgan fingerprint density at radius 1 is 1.35 bits per heavy atom. The summed E-state index contributed by atoms with van der Waals surface area (Å²) >= 11 is 5.77. The fourth-order valence-electron chi connectivity index (χ4n) is 1.41. The first-order valence-corrected chi connectivity index (χ1v) is 5.17. The van der Waals surface area contributed by atoms with Gasteiger partial charge < -0.3 is 5.73 Å². The quantitative estimate of drug-likeness (QED) is 0.659. The molecule has 3 nitrogen and oxygen atoms in total. The van der Waals surface area contributed by atoms with E-state index in [9.17, 15) is 9.18 Å². The highest BCUT2D eigenvalue weighted by Gasteiger charge is 2.17. The second-order valence-electron chi connectivity index (χ2n) is 3.39. The van der Waals surface area contributed by atoms with Crippen LogP contribution in [0.1, 0.15) is 16.1 Å². The summed E-state index contributed by atoms with van der Waals surface area (Å²) in [6.45, 7) is 0. The largest absolute Gasteiger partial charge is 0.398 e. The molecule has 0 aliphatic heterocycles. The Bertz CT molecular complexity index is 586. The van der Waals surface area contributed by atoms with E-state index in [4.69, 9.17) is 17.3 Å². The Kier molecular flexibility index (Phi) is 3.06. The number of benzene rings is 1. The van der Waals surface area contributed by atoms with Crippen LogP contribution in [0.3, 0.4) is 0 Å². The van der Waals surface area contributed by atoms with Crippen LogP contribution in [0.25, 0.3) is 0 Å². The maximum absolute atomic E-state index is 13.4. The van der Waals surface area contributed by atoms with Crippen molar-refractivity contribution in [2.24, 2.45) is 0 Å². The van der Waals surface area contributed by atoms with Crippen molar-refractivity contribution in [1.82, 2.24) is 4.98 Å². The molecule has 0 bridgehead atoms. The molecule has 0 atom stereocenters. The van der Waals surface area contributed by atoms with Crippen LogP contribution in [-0.2, 0) is 0 Å². The predicted molar refractivity (Wildman–Crippen MR) is 63.5 cm³/mol. The molecule has 0 fully saturated rings. The van der Waals surface area contributed by atoms with Crippen molar-refractivity contribution in [3.8, 4) is 0 Å². The molecule has 1 aromatic carbocycles. The maximum atomic E-state index is 13.4. The molecule has 0 spiro atoms. The number of aromatic nitrogens is 1. The number of anilines is 1. The van der Waals surface area contributed by atoms with Crippen LogP contribution in [0.4, 0.5) is 10.1 Å². The third-order valence-corrected chi connectivity index (χ3v) is 2.47. The van der Waals surface area contributed by atoms with E-state index in [2.05, 4.69) is 4.98 Å². The summed E-state index contributed by atoms with van der Waals surface area (Å²) in [5, 5.41) is 0.360. The molecular weight excluding hydrogens is 243 g/mol. The van der Waals surface area contributed by atoms with Crippen molar-refractivity contribution >= 4 is 23.1 Å². The van der Waals surface area contributed by atoms with E-state index < -0.39 is 11.6 Å². The highest BCUT2D eigenvalue weighted by Crippen LogP contribution is 2.21. The summed E-state index contributed by atoms with van der Waals surface area (Å²) in [4.78, 5) is 15.7. The van der Waals surface area contributed by atoms with Gasteiger partial charge in [-0.3, -0.25) is 4.79 Å². The van der Waals surface area contributed by atoms with Crippen LogP contribution < -0.4 is 5.73 Å². The number of nitrogens with zero attached hydrogens (tertiary/aromatic N) is 1. The van der Waals surface area contributed by atoms with Crippen molar-refractivity contribution in [3.63, 3.8) is 0 Å². The third kappa shape index (κ3) is 2.26. The summed E-state index contributed by atoms with van der Waals surface area (Å²) < 4.78 is 13.4. The molecule has 0 saturated carbocycles. The average Bonchev–Trinajstić information content (AvgIpc) is 2.32. The molecule has 0 amide bonds. The molecule has 0 aliphatic rings. The van der Waals surface area contributed by atoms with E-state index in [0.717, 1.165) is 0 Å². The van der Waals surface area contributed by atoms with Crippen LogP contribution >= 0.6 is 11.6 Å². The number of nitrogens with two attached hydrogens (primary N) is 1. The van der Waals surface area contributed by atoms with E-state index >= 15 is 0 Å². The van der Waals surface area contributed by atoms with E-state index in [0.29, 0.717) is 5.02 Å². The van der Waals surface area contributed by atoms with Gasteiger partial charge in [-0.15, -0.1) is 0 Å². The van der Waals surface area contributed by atoms with Gasteiger partial charge in [0.2, 0.25) is 5.78 Å². The lowest BCUT2D eigenvalue weighted by atomic mass is 10.1. The molecule has 5 heteroatoms. The summed E-state index contributed by atoms with van der Waals surface area (Å²) in [5.74, 6) is -1.26. The fourth-order valence-corrected chi connectivity index (χ4v) is 1.58. The SMILES string of the molecule is Nc1ccc(Cl)cc1C(=O)c1ncccc1F. The first kappa shape index (κ1) is 11.5. The number of halogens is 2. The second kappa shape index (κ2) is 4.51. The van der Waals surface area contributed by atoms with Crippen molar-refractivity contribution in [1.29, 1.82) is 0 Å². The lowest BCUT2D eigenvalue weighted by Gasteiger charge is -2.05. The molecule has 0 unspecified atom stereocenters. The van der Waals surface area contributed by atoms with Crippen LogP contribution in [0.15, 0.2) is 36.5 Å². The van der Waals surface area contributed by atoms with Gasteiger partial charge in [0.1, 0.15) is 5.69 Å². The van der Waals surface area contributed by atoms with Crippen molar-refractivity contribution in [2.75, 3.05) is 5.73 Å². The Morgan fingerprint density at radius 3 is 2.82 bits per heavy atom. The minimum absolute atomic E-state index is 0.148. The molecular formula is C12H8ClFN2O. The van der Waals surface area contributed by atoms with Crippen molar-refractivity contribution in [2.45, 2.75) is 0 Å². The number of hydrogen-bond acceptors (Lipinski definition) is 3. The first-order valence-electron chi connectivity index (χ1n) is 4.80. The number of pyridine rings is 1. The number of rotatable bonds is 2. The summed E-state index contributed by atoms with van der Waals surface area (Å²) in [5.41, 5.74) is 5.77. The van der Waals surface area contributed by atoms with E-state index in [1.807, 2.05) is 0 Å². The molecule has 2 rings (SSSR count). The van der Waals surface area contributed by atoms with E-state index in [1.165, 1.54) is 30.5 Å². The standard InChI is InChI=1S/C12H8ClFN2O/c13-7-3-4-10(15)8(6-7)12(17)11-9(14)2-1-5-16-11/h1-6H,15H2. The highest BCUT2D eigenvalue weighted by atomic mass is 35.5. The van der Waals surface area contributed by atoms with Gasteiger partial charge in [0.05, 0.1) is 0 Å². The van der Waals surface area contributed by atoms with E-state index in [1.54, 1.807) is 6.07 Å². The molecule has 86 valence electrons. The minimum atomic E-state index is -0.683. The first-order chi connectivity index (χ1) is 8.09. The number of hydrogen-bond donors (Lipinski definition) is 1. The van der Waals surface area contributed by atoms with Crippen LogP contribution in [-0.4, -0.2) is 10.8 Å². The number of nitrogen functional groups attached to an aromatic ring is 1. The van der Waals surface area contributed by atoms with Gasteiger partial charge in [-0.05, 0) is 30.3 Å². The average molecular weight is 251 g/mol. The van der Waals surface area contributed by atoms with Gasteiger partial charge in [0.15, 0.2) is 5.82 Å². The minimum Gasteiger partial charge on any atom is -0.398 e. The molecule has 2 N–H and O–H groups in total. The fraction of sp³-hybridized carbons (Fsp3) is 0. The number of ketones is 1. The summed E-state index contributed by atoms with van der Waals surface area (Å²) in [7, 11) is 0. The van der Waals surface area contributed by atoms with E-state index in [-0.39, 0.29) is 16.9 Å². The third-order valence-electron chi connectivity index (χ3n) is 2.23. The molecule has 0 radical (unpaired) electrons. The highest BCUT2D eigenvalue weighted by molar-refractivity contribution is 6.31. The van der Waals surface area contributed by atoms with Gasteiger partial charge in [0, 0.05) is 22.5 Å². The zero-order valence-electron chi connectivity index (χ0n) is 8.65. The van der Waals surface area contributed by atoms with Crippen molar-refractivity contribution < 1.29 is 9.18 Å². The van der Waals surface area contributed by atoms with Gasteiger partial charge in [-0.2, -0.15) is 0 Å². The van der Waals surface area contributed by atoms with Crippen LogP contribution in [0.2, 0.25) is 5.02 Å². The summed E-state index contributed by atoms with van der Waals surface area (Å²) in [6.07, 6.45) is 1.34. The van der Waals surface area contributed by atoms with Gasteiger partial charge in [-0.25, -0.2) is 9.37 Å². The Hall–Kier alpha value is -1.94. The second-order valence-corrected chi connectivity index (χ2v) is 3.83. The topological polar surface area (TPSA) is 56.0 Å². The van der Waals surface area contributed by atoms with Gasteiger partial charge in [0.25, 0.3) is 0 Å². The molecule has 17 heavy (non-hydrogen) atoms. The number of carbonyl (C=O) groups is 1. The zero-order chi connectivity index (χ0) is 12.4. The Labute approximate surface area is 102 Å². The van der Waals surface area contributed by atoms with Gasteiger partial charge in [-0.1, -0.05) is 11.6 Å². The molecule has 2 aromatic rings. The lowest BCUT2D eigenvalue weighted by molar-refractivity contribution is 0.103. The van der Waals surface area contributed by atoms with Gasteiger partial charge >= 0.3 is 0 Å². The molecule has 0 saturated heterocycles. The Balaban J connectivity index is 2.51. The van der Waals surface area contributed by atoms with Crippen LogP contribution in [0, 0.1) is 5.82 Å². The maximum Gasteiger partial charge on any atom is 0.216 e. The monoisotopic (exact) mass is 250 g/mol. The zero-order valence-corrected chi connectivity index (χ0v) is 9.41. The Morgan fingerprint density at radius 2 is 2.12 bits per heavy atom. The molecule has 1 aromatic heterocycles. The normalized spacial score (nSPS) is 10.2. The van der Waals surface area contributed by atoms with Crippen LogP contribution in [0.5, 0.6) is 0 Å². The number of carbonyl (C=O) groups excluding carboxylic acids is 1. The van der Waals surface area contributed by atoms with Crippen molar-refractivity contribution in [3.05, 3.63) is 58.6 Å². The predicted octanol–water partition coefficient (Wildman–Crippen LogP) is 2.69. The molecule has 1 heterocycles. The smallest absolute Gasteiger partial charge is 0.216 e. The molecule has 0 aliphatic carbocycles. The summed E-state index contributed by atoms with van der Waals surface area (Å²) in [6, 6.07) is 7.03.